The molecule has 0 aliphatic heterocycles. The summed E-state index contributed by atoms with van der Waals surface area (Å²) in [7, 11) is 0. The van der Waals surface area contributed by atoms with Crippen LogP contribution in [0.3, 0.4) is 0 Å². The van der Waals surface area contributed by atoms with E-state index in [1.807, 2.05) is 0 Å². The molecule has 3 N–H and O–H groups in total. The molecule has 1 heterocycles. The largest absolute Gasteiger partial charge is 0.481 e. The Morgan fingerprint density at radius 2 is 2.28 bits per heavy atom. The fourth-order valence-electron chi connectivity index (χ4n) is 1.77. The van der Waals surface area contributed by atoms with Gasteiger partial charge in [0.05, 0.1) is 15.4 Å². The molecule has 1 saturated carbocycles. The number of carbonyl (C=O) groups excluding carboxylic acids is 1. The molecule has 0 radical (unpaired) electrons. The van der Waals surface area contributed by atoms with Crippen molar-refractivity contribution in [2.24, 2.45) is 5.41 Å². The third-order valence-electron chi connectivity index (χ3n) is 3.05. The lowest BCUT2D eigenvalue weighted by Crippen LogP contribution is -2.48. The number of thiazole rings is 1. The number of rotatable bonds is 4. The molecule has 0 spiro atoms. The smallest absolute Gasteiger partial charge is 0.321 e. The lowest BCUT2D eigenvalue weighted by molar-refractivity contribution is -0.153. The van der Waals surface area contributed by atoms with E-state index in [0.717, 1.165) is 10.2 Å². The van der Waals surface area contributed by atoms with E-state index in [1.165, 1.54) is 11.3 Å². The van der Waals surface area contributed by atoms with Crippen LogP contribution >= 0.6 is 27.3 Å². The molecule has 8 heteroatoms. The summed E-state index contributed by atoms with van der Waals surface area (Å²) in [5.41, 5.74) is -0.777. The average Bonchev–Trinajstić information content (AvgIpc) is 2.61. The number of anilines is 1. The van der Waals surface area contributed by atoms with Crippen LogP contribution in [0.1, 0.15) is 19.3 Å². The molecule has 0 unspecified atom stereocenters. The molecule has 2 rings (SSSR count). The van der Waals surface area contributed by atoms with Gasteiger partial charge in [0.2, 0.25) is 0 Å². The van der Waals surface area contributed by atoms with Crippen molar-refractivity contribution in [1.29, 1.82) is 0 Å². The monoisotopic (exact) mass is 333 g/mol. The lowest BCUT2D eigenvalue weighted by atomic mass is 9.69. The Hall–Kier alpha value is -1.15. The second-order valence-electron chi connectivity index (χ2n) is 4.22. The summed E-state index contributed by atoms with van der Waals surface area (Å²) in [6, 6.07) is -0.427. The van der Waals surface area contributed by atoms with E-state index in [0.29, 0.717) is 18.0 Å². The number of aromatic nitrogens is 1. The number of urea groups is 1. The SMILES string of the molecule is O=C(NCC1(C(=O)O)CCC1)Nc1ncc(Br)s1. The van der Waals surface area contributed by atoms with Gasteiger partial charge in [0.1, 0.15) is 0 Å². The molecule has 1 fully saturated rings. The van der Waals surface area contributed by atoms with E-state index in [4.69, 9.17) is 5.11 Å². The van der Waals surface area contributed by atoms with Crippen molar-refractivity contribution in [3.05, 3.63) is 9.98 Å². The topological polar surface area (TPSA) is 91.3 Å². The van der Waals surface area contributed by atoms with Crippen LogP contribution in [0.15, 0.2) is 9.98 Å². The fraction of sp³-hybridized carbons (Fsp3) is 0.500. The first-order valence-electron chi connectivity index (χ1n) is 5.41. The summed E-state index contributed by atoms with van der Waals surface area (Å²) in [4.78, 5) is 26.6. The number of amides is 2. The van der Waals surface area contributed by atoms with E-state index in [-0.39, 0.29) is 6.54 Å². The molecule has 18 heavy (non-hydrogen) atoms. The molecule has 6 nitrogen and oxygen atoms in total. The molecule has 1 aliphatic rings. The number of nitrogens with one attached hydrogen (secondary N) is 2. The number of hydrogen-bond donors (Lipinski definition) is 3. The first-order valence-corrected chi connectivity index (χ1v) is 7.02. The molecular weight excluding hydrogens is 322 g/mol. The van der Waals surface area contributed by atoms with Crippen molar-refractivity contribution < 1.29 is 14.7 Å². The highest BCUT2D eigenvalue weighted by molar-refractivity contribution is 9.11. The van der Waals surface area contributed by atoms with Gasteiger partial charge >= 0.3 is 12.0 Å². The predicted molar refractivity (Wildman–Crippen MR) is 70.8 cm³/mol. The quantitative estimate of drug-likeness (QED) is 0.788. The number of nitrogens with zero attached hydrogens (tertiary/aromatic N) is 1. The number of hydrogen-bond acceptors (Lipinski definition) is 4. The van der Waals surface area contributed by atoms with E-state index < -0.39 is 17.4 Å². The molecule has 1 aliphatic carbocycles. The number of carboxylic acids is 1. The Balaban J connectivity index is 1.83. The van der Waals surface area contributed by atoms with Gasteiger partial charge in [-0.15, -0.1) is 0 Å². The molecule has 2 amide bonds. The highest BCUT2D eigenvalue weighted by atomic mass is 79.9. The summed E-state index contributed by atoms with van der Waals surface area (Å²) < 4.78 is 0.818. The van der Waals surface area contributed by atoms with Gasteiger partial charge in [-0.25, -0.2) is 9.78 Å². The number of carbonyl (C=O) groups is 2. The van der Waals surface area contributed by atoms with Crippen molar-refractivity contribution in [2.75, 3.05) is 11.9 Å². The van der Waals surface area contributed by atoms with Gasteiger partial charge in [-0.05, 0) is 28.8 Å². The minimum Gasteiger partial charge on any atom is -0.481 e. The summed E-state index contributed by atoms with van der Waals surface area (Å²) in [5.74, 6) is -0.842. The van der Waals surface area contributed by atoms with Crippen LogP contribution in [0.5, 0.6) is 0 Å². The van der Waals surface area contributed by atoms with Crippen LogP contribution in [0, 0.1) is 5.41 Å². The van der Waals surface area contributed by atoms with Crippen LogP contribution < -0.4 is 10.6 Å². The van der Waals surface area contributed by atoms with E-state index in [1.54, 1.807) is 6.20 Å². The maximum Gasteiger partial charge on any atom is 0.321 e. The highest BCUT2D eigenvalue weighted by Crippen LogP contribution is 2.40. The van der Waals surface area contributed by atoms with Crippen LogP contribution in [-0.2, 0) is 4.79 Å². The molecule has 0 aromatic carbocycles. The number of aliphatic carboxylic acids is 1. The zero-order valence-corrected chi connectivity index (χ0v) is 11.8. The second-order valence-corrected chi connectivity index (χ2v) is 6.63. The van der Waals surface area contributed by atoms with E-state index in [2.05, 4.69) is 31.5 Å². The van der Waals surface area contributed by atoms with Crippen molar-refractivity contribution in [3.8, 4) is 0 Å². The van der Waals surface area contributed by atoms with Gasteiger partial charge in [0.25, 0.3) is 0 Å². The van der Waals surface area contributed by atoms with Crippen LogP contribution in [-0.4, -0.2) is 28.6 Å². The Morgan fingerprint density at radius 1 is 1.56 bits per heavy atom. The summed E-state index contributed by atoms with van der Waals surface area (Å²) in [6.45, 7) is 0.153. The van der Waals surface area contributed by atoms with Gasteiger partial charge in [-0.3, -0.25) is 10.1 Å². The molecule has 98 valence electrons. The third kappa shape index (κ3) is 2.81. The molecular formula is C10H12BrN3O3S. The van der Waals surface area contributed by atoms with Crippen LogP contribution in [0.25, 0.3) is 0 Å². The Labute approximate surface area is 116 Å². The van der Waals surface area contributed by atoms with Crippen LogP contribution in [0.2, 0.25) is 0 Å². The normalized spacial score (nSPS) is 16.7. The summed E-state index contributed by atoms with van der Waals surface area (Å²) in [5, 5.41) is 14.7. The minimum atomic E-state index is -0.842. The van der Waals surface area contributed by atoms with Gasteiger partial charge in [-0.1, -0.05) is 17.8 Å². The van der Waals surface area contributed by atoms with Gasteiger partial charge in [0.15, 0.2) is 5.13 Å². The first kappa shape index (κ1) is 13.3. The molecule has 0 saturated heterocycles. The Morgan fingerprint density at radius 3 is 2.72 bits per heavy atom. The fourth-order valence-corrected chi connectivity index (χ4v) is 2.87. The van der Waals surface area contributed by atoms with Gasteiger partial charge < -0.3 is 10.4 Å². The molecule has 0 bridgehead atoms. The predicted octanol–water partition coefficient (Wildman–Crippen LogP) is 2.28. The number of halogens is 1. The molecule has 0 atom stereocenters. The number of carboxylic acid groups (broad SMARTS) is 1. The third-order valence-corrected chi connectivity index (χ3v) is 4.44. The maximum atomic E-state index is 11.6. The standard InChI is InChI=1S/C10H12BrN3O3S/c11-6-4-12-9(18-6)14-8(17)13-5-10(7(15)16)2-1-3-10/h4H,1-3,5H2,(H,15,16)(H2,12,13,14,17). The van der Waals surface area contributed by atoms with E-state index in [9.17, 15) is 9.59 Å². The van der Waals surface area contributed by atoms with Crippen molar-refractivity contribution >= 4 is 44.4 Å². The van der Waals surface area contributed by atoms with Crippen LogP contribution in [0.4, 0.5) is 9.93 Å². The average molecular weight is 334 g/mol. The minimum absolute atomic E-state index is 0.153. The molecule has 1 aromatic heterocycles. The molecule has 1 aromatic rings. The summed E-state index contributed by atoms with van der Waals surface area (Å²) in [6.07, 6.45) is 3.72. The Bertz CT molecular complexity index is 473. The zero-order chi connectivity index (χ0) is 13.2. The lowest BCUT2D eigenvalue weighted by Gasteiger charge is -2.37. The highest BCUT2D eigenvalue weighted by Gasteiger charge is 2.44. The van der Waals surface area contributed by atoms with Crippen molar-refractivity contribution in [2.45, 2.75) is 19.3 Å². The maximum absolute atomic E-state index is 11.6. The van der Waals surface area contributed by atoms with Crippen molar-refractivity contribution in [3.63, 3.8) is 0 Å². The zero-order valence-electron chi connectivity index (χ0n) is 9.40. The van der Waals surface area contributed by atoms with Gasteiger partial charge in [-0.2, -0.15) is 0 Å². The van der Waals surface area contributed by atoms with Crippen molar-refractivity contribution in [1.82, 2.24) is 10.3 Å². The van der Waals surface area contributed by atoms with Gasteiger partial charge in [0, 0.05) is 6.54 Å². The summed E-state index contributed by atoms with van der Waals surface area (Å²) >= 11 is 4.53. The van der Waals surface area contributed by atoms with E-state index >= 15 is 0 Å². The second kappa shape index (κ2) is 5.23. The Kier molecular flexibility index (Phi) is 3.86. The first-order chi connectivity index (χ1) is 8.52.